The number of nitrogens with zero attached hydrogens (tertiary/aromatic N) is 3. The van der Waals surface area contributed by atoms with E-state index in [1.807, 2.05) is 67.7 Å². The number of fused-ring (bicyclic) bond motifs is 2. The maximum absolute atomic E-state index is 13.6. The second-order valence-corrected chi connectivity index (χ2v) is 7.67. The van der Waals surface area contributed by atoms with E-state index in [-0.39, 0.29) is 11.6 Å². The number of benzene rings is 2. The van der Waals surface area contributed by atoms with E-state index in [1.165, 1.54) is 0 Å². The van der Waals surface area contributed by atoms with Crippen molar-refractivity contribution >= 4 is 10.8 Å². The molecule has 148 valence electrons. The predicted molar refractivity (Wildman–Crippen MR) is 119 cm³/mol. The summed E-state index contributed by atoms with van der Waals surface area (Å²) < 4.78 is 3.86. The van der Waals surface area contributed by atoms with E-state index in [9.17, 15) is 4.79 Å². The molecular formula is C25H22N4O. The molecule has 0 aliphatic carbocycles. The SMILES string of the molecule is C[C@H](N)c1cc2cccc(C#Cc3cnc4n3CCC4)c2c(=O)n1-c1ccccc1. The standard InChI is InChI=1S/C25H22N4O/c1-17(26)22-15-19-8-5-7-18(12-13-21-16-27-23-11-6-14-28(21)23)24(19)25(30)29(22)20-9-3-2-4-10-20/h2-5,7-10,15-17H,6,11,14,26H2,1H3/t17-/m0/s1. The molecule has 0 spiro atoms. The van der Waals surface area contributed by atoms with E-state index in [0.29, 0.717) is 10.9 Å². The monoisotopic (exact) mass is 394 g/mol. The van der Waals surface area contributed by atoms with Crippen LogP contribution in [0.2, 0.25) is 0 Å². The van der Waals surface area contributed by atoms with E-state index in [0.717, 1.165) is 47.7 Å². The average molecular weight is 394 g/mol. The molecule has 5 rings (SSSR count). The molecule has 2 N–H and O–H groups in total. The van der Waals surface area contributed by atoms with E-state index in [4.69, 9.17) is 5.73 Å². The first-order chi connectivity index (χ1) is 14.6. The summed E-state index contributed by atoms with van der Waals surface area (Å²) in [6, 6.07) is 17.1. The molecule has 0 fully saturated rings. The number of hydrogen-bond donors (Lipinski definition) is 1. The van der Waals surface area contributed by atoms with Gasteiger partial charge in [0.25, 0.3) is 5.56 Å². The Hall–Kier alpha value is -3.62. The van der Waals surface area contributed by atoms with Crippen LogP contribution in [0.1, 0.15) is 42.2 Å². The molecule has 0 saturated heterocycles. The van der Waals surface area contributed by atoms with Gasteiger partial charge < -0.3 is 10.3 Å². The number of aromatic nitrogens is 3. The number of imidazole rings is 1. The van der Waals surface area contributed by atoms with Gasteiger partial charge in [0, 0.05) is 36.0 Å². The highest BCUT2D eigenvalue weighted by Crippen LogP contribution is 2.22. The minimum atomic E-state index is -0.286. The molecule has 2 aromatic carbocycles. The molecule has 2 aromatic heterocycles. The maximum atomic E-state index is 13.6. The molecule has 5 nitrogen and oxygen atoms in total. The summed E-state index contributed by atoms with van der Waals surface area (Å²) in [5.74, 6) is 7.56. The van der Waals surface area contributed by atoms with E-state index >= 15 is 0 Å². The normalized spacial score (nSPS) is 13.7. The number of nitrogens with two attached hydrogens (primary N) is 1. The molecule has 3 heterocycles. The fraction of sp³-hybridized carbons (Fsp3) is 0.200. The zero-order chi connectivity index (χ0) is 20.7. The first-order valence-electron chi connectivity index (χ1n) is 10.2. The van der Waals surface area contributed by atoms with E-state index in [2.05, 4.69) is 21.4 Å². The summed E-state index contributed by atoms with van der Waals surface area (Å²) in [4.78, 5) is 18.1. The lowest BCUT2D eigenvalue weighted by molar-refractivity contribution is 0.734. The van der Waals surface area contributed by atoms with Crippen molar-refractivity contribution < 1.29 is 0 Å². The lowest BCUT2D eigenvalue weighted by atomic mass is 10.0. The molecule has 5 heteroatoms. The molecule has 0 radical (unpaired) electrons. The molecule has 0 saturated carbocycles. The number of pyridine rings is 1. The van der Waals surface area contributed by atoms with Crippen LogP contribution in [0, 0.1) is 11.8 Å². The van der Waals surface area contributed by atoms with Gasteiger partial charge >= 0.3 is 0 Å². The third-order valence-electron chi connectivity index (χ3n) is 5.60. The third-order valence-corrected chi connectivity index (χ3v) is 5.60. The van der Waals surface area contributed by atoms with Crippen LogP contribution in [-0.2, 0) is 13.0 Å². The van der Waals surface area contributed by atoms with Gasteiger partial charge in [-0.2, -0.15) is 0 Å². The van der Waals surface area contributed by atoms with Crippen LogP contribution < -0.4 is 11.3 Å². The highest BCUT2D eigenvalue weighted by Gasteiger charge is 2.16. The fourth-order valence-electron chi connectivity index (χ4n) is 4.15. The molecule has 0 bridgehead atoms. The van der Waals surface area contributed by atoms with Crippen molar-refractivity contribution in [3.63, 3.8) is 0 Å². The van der Waals surface area contributed by atoms with Crippen molar-refractivity contribution in [3.8, 4) is 17.5 Å². The summed E-state index contributed by atoms with van der Waals surface area (Å²) >= 11 is 0. The van der Waals surface area contributed by atoms with Crippen molar-refractivity contribution in [1.29, 1.82) is 0 Å². The first kappa shape index (κ1) is 18.4. The van der Waals surface area contributed by atoms with Crippen LogP contribution in [-0.4, -0.2) is 14.1 Å². The lowest BCUT2D eigenvalue weighted by Gasteiger charge is -2.17. The van der Waals surface area contributed by atoms with Gasteiger partial charge in [0.1, 0.15) is 11.5 Å². The average Bonchev–Trinajstić information content (AvgIpc) is 3.37. The van der Waals surface area contributed by atoms with Crippen molar-refractivity contribution in [1.82, 2.24) is 14.1 Å². The fourth-order valence-corrected chi connectivity index (χ4v) is 4.15. The maximum Gasteiger partial charge on any atom is 0.264 e. The smallest absolute Gasteiger partial charge is 0.264 e. The number of aryl methyl sites for hydroxylation is 1. The van der Waals surface area contributed by atoms with Gasteiger partial charge in [0.2, 0.25) is 0 Å². The third kappa shape index (κ3) is 3.02. The highest BCUT2D eigenvalue weighted by atomic mass is 16.1. The summed E-state index contributed by atoms with van der Waals surface area (Å²) in [5.41, 5.74) is 9.31. The topological polar surface area (TPSA) is 65.8 Å². The van der Waals surface area contributed by atoms with Crippen LogP contribution in [0.4, 0.5) is 0 Å². The summed E-state index contributed by atoms with van der Waals surface area (Å²) in [7, 11) is 0. The Morgan fingerprint density at radius 1 is 1.10 bits per heavy atom. The van der Waals surface area contributed by atoms with Gasteiger partial charge in [-0.1, -0.05) is 36.3 Å². The molecule has 1 atom stereocenters. The Morgan fingerprint density at radius 3 is 2.73 bits per heavy atom. The summed E-state index contributed by atoms with van der Waals surface area (Å²) in [6.07, 6.45) is 3.93. The zero-order valence-corrected chi connectivity index (χ0v) is 16.8. The zero-order valence-electron chi connectivity index (χ0n) is 16.8. The molecular weight excluding hydrogens is 372 g/mol. The number of hydrogen-bond acceptors (Lipinski definition) is 3. The van der Waals surface area contributed by atoms with Crippen molar-refractivity contribution in [2.24, 2.45) is 5.73 Å². The Balaban J connectivity index is 1.74. The Labute approximate surface area is 174 Å². The van der Waals surface area contributed by atoms with Crippen molar-refractivity contribution in [2.75, 3.05) is 0 Å². The van der Waals surface area contributed by atoms with Crippen molar-refractivity contribution in [2.45, 2.75) is 32.4 Å². The molecule has 30 heavy (non-hydrogen) atoms. The Bertz CT molecular complexity index is 1370. The number of para-hydroxylation sites is 1. The Kier molecular flexibility index (Phi) is 4.50. The first-order valence-corrected chi connectivity index (χ1v) is 10.2. The molecule has 1 aliphatic heterocycles. The molecule has 0 amide bonds. The number of rotatable bonds is 2. The van der Waals surface area contributed by atoms with Crippen molar-refractivity contribution in [3.05, 3.63) is 93.9 Å². The second kappa shape index (κ2) is 7.33. The Morgan fingerprint density at radius 2 is 1.93 bits per heavy atom. The molecule has 4 aromatic rings. The van der Waals surface area contributed by atoms with Gasteiger partial charge in [0.15, 0.2) is 0 Å². The molecule has 1 aliphatic rings. The predicted octanol–water partition coefficient (Wildman–Crippen LogP) is 3.55. The largest absolute Gasteiger partial charge is 0.323 e. The highest BCUT2D eigenvalue weighted by molar-refractivity contribution is 5.88. The van der Waals surface area contributed by atoms with Crippen LogP contribution in [0.5, 0.6) is 0 Å². The second-order valence-electron chi connectivity index (χ2n) is 7.67. The van der Waals surface area contributed by atoms with Gasteiger partial charge in [-0.3, -0.25) is 9.36 Å². The van der Waals surface area contributed by atoms with Gasteiger partial charge in [-0.25, -0.2) is 4.98 Å². The van der Waals surface area contributed by atoms with Crippen LogP contribution in [0.3, 0.4) is 0 Å². The van der Waals surface area contributed by atoms with E-state index < -0.39 is 0 Å². The quantitative estimate of drug-likeness (QED) is 0.529. The van der Waals surface area contributed by atoms with Gasteiger partial charge in [-0.15, -0.1) is 0 Å². The summed E-state index contributed by atoms with van der Waals surface area (Å²) in [5, 5.41) is 1.46. The van der Waals surface area contributed by atoms with Crippen LogP contribution in [0.25, 0.3) is 16.5 Å². The molecule has 0 unspecified atom stereocenters. The van der Waals surface area contributed by atoms with E-state index in [1.54, 1.807) is 4.57 Å². The van der Waals surface area contributed by atoms with Crippen LogP contribution >= 0.6 is 0 Å². The minimum Gasteiger partial charge on any atom is -0.323 e. The van der Waals surface area contributed by atoms with Gasteiger partial charge in [-0.05, 0) is 48.9 Å². The van der Waals surface area contributed by atoms with Crippen LogP contribution in [0.15, 0.2) is 65.6 Å². The summed E-state index contributed by atoms with van der Waals surface area (Å²) in [6.45, 7) is 2.84. The van der Waals surface area contributed by atoms with Gasteiger partial charge in [0.05, 0.1) is 11.6 Å². The minimum absolute atomic E-state index is 0.102. The lowest BCUT2D eigenvalue weighted by Crippen LogP contribution is -2.26.